The van der Waals surface area contributed by atoms with Crippen LogP contribution < -0.4 is 15.0 Å². The lowest BCUT2D eigenvalue weighted by molar-refractivity contribution is -0.990. The first-order valence-corrected chi connectivity index (χ1v) is 11.8. The van der Waals surface area contributed by atoms with Gasteiger partial charge in [0.25, 0.3) is 0 Å². The summed E-state index contributed by atoms with van der Waals surface area (Å²) >= 11 is 6.03. The molecular weight excluding hydrogens is 488 g/mol. The molecule has 3 N–H and O–H groups in total. The number of anilines is 2. The molecule has 0 saturated carbocycles. The van der Waals surface area contributed by atoms with E-state index in [-0.39, 0.29) is 23.8 Å². The van der Waals surface area contributed by atoms with Crippen molar-refractivity contribution in [3.05, 3.63) is 35.5 Å². The zero-order chi connectivity index (χ0) is 24.6. The molecule has 190 valence electrons. The summed E-state index contributed by atoms with van der Waals surface area (Å²) in [5, 5.41) is 33.5. The van der Waals surface area contributed by atoms with Crippen LogP contribution in [0, 0.1) is 5.21 Å². The predicted molar refractivity (Wildman–Crippen MR) is 148 cm³/mol. The maximum Gasteiger partial charge on any atom is 0.190 e. The van der Waals surface area contributed by atoms with Crippen molar-refractivity contribution in [1.29, 1.82) is 0 Å². The molecule has 1 aliphatic rings. The van der Waals surface area contributed by atoms with Crippen molar-refractivity contribution in [3.8, 4) is 5.75 Å². The maximum absolute atomic E-state index is 12.1. The van der Waals surface area contributed by atoms with Crippen molar-refractivity contribution in [2.75, 3.05) is 64.2 Å². The molecule has 1 aromatic heterocycles. The number of nitrogens with zero attached hydrogens (tertiary/aromatic N) is 5. The third kappa shape index (κ3) is 5.44. The topological polar surface area (TPSA) is 93.8 Å². The number of benzene rings is 2. The van der Waals surface area contributed by atoms with E-state index in [2.05, 4.69) is 19.6 Å². The van der Waals surface area contributed by atoms with Crippen LogP contribution in [0.15, 0.2) is 30.3 Å². The minimum atomic E-state index is -1.02. The van der Waals surface area contributed by atoms with Gasteiger partial charge in [-0.25, -0.2) is 10.2 Å². The molecule has 3 aromatic rings. The number of rotatable bonds is 9. The molecule has 1 unspecified atom stereocenters. The lowest BCUT2D eigenvalue weighted by atomic mass is 10.0. The van der Waals surface area contributed by atoms with Gasteiger partial charge in [-0.15, -0.1) is 12.4 Å². The molecule has 11 heteroatoms. The number of fused-ring (bicyclic) bond motifs is 2. The second-order valence-corrected chi connectivity index (χ2v) is 9.59. The van der Waals surface area contributed by atoms with E-state index in [4.69, 9.17) is 17.2 Å². The maximum atomic E-state index is 12.1. The summed E-state index contributed by atoms with van der Waals surface area (Å²) < 4.78 is 0. The van der Waals surface area contributed by atoms with Crippen molar-refractivity contribution >= 4 is 68.6 Å². The zero-order valence-corrected chi connectivity index (χ0v) is 22.1. The van der Waals surface area contributed by atoms with Crippen molar-refractivity contribution < 1.29 is 15.5 Å². The van der Waals surface area contributed by atoms with Gasteiger partial charge in [0.15, 0.2) is 10.8 Å². The monoisotopic (exact) mass is 520 g/mol. The van der Waals surface area contributed by atoms with Crippen LogP contribution in [-0.2, 0) is 0 Å². The highest BCUT2D eigenvalue weighted by Crippen LogP contribution is 2.46. The molecule has 9 nitrogen and oxygen atoms in total. The van der Waals surface area contributed by atoms with Crippen LogP contribution in [0.5, 0.6) is 5.75 Å². The lowest BCUT2D eigenvalue weighted by Gasteiger charge is -2.40. The largest absolute Gasteiger partial charge is 0.595 e. The Kier molecular flexibility index (Phi) is 8.71. The molecule has 0 aliphatic carbocycles. The van der Waals surface area contributed by atoms with E-state index in [0.717, 1.165) is 48.1 Å². The first-order valence-electron chi connectivity index (χ1n) is 11.4. The van der Waals surface area contributed by atoms with E-state index in [1.54, 1.807) is 24.3 Å². The van der Waals surface area contributed by atoms with Crippen LogP contribution in [0.25, 0.3) is 21.8 Å². The summed E-state index contributed by atoms with van der Waals surface area (Å²) in [5.41, 5.74) is 2.91. The lowest BCUT2D eigenvalue weighted by Crippen LogP contribution is -2.99. The number of pyridine rings is 1. The Labute approximate surface area is 217 Å². The first-order chi connectivity index (χ1) is 16.2. The molecule has 0 radical (unpaired) electrons. The Balaban J connectivity index is 0.00000342. The summed E-state index contributed by atoms with van der Waals surface area (Å²) in [7, 11) is 8.16. The Morgan fingerprint density at radius 2 is 1.63 bits per heavy atom. The van der Waals surface area contributed by atoms with Crippen LogP contribution in [0.3, 0.4) is 0 Å². The summed E-state index contributed by atoms with van der Waals surface area (Å²) in [6, 6.07) is 8.45. The van der Waals surface area contributed by atoms with Gasteiger partial charge in [0.2, 0.25) is 0 Å². The number of thiocarbonyl (C=S) groups is 1. The van der Waals surface area contributed by atoms with Crippen LogP contribution in [-0.4, -0.2) is 84.6 Å². The first kappa shape index (κ1) is 27.3. The molecule has 35 heavy (non-hydrogen) atoms. The van der Waals surface area contributed by atoms with E-state index in [0.29, 0.717) is 29.2 Å². The number of hydrogen-bond acceptors (Lipinski definition) is 7. The Bertz CT molecular complexity index is 1220. The van der Waals surface area contributed by atoms with E-state index in [1.165, 1.54) is 0 Å². The third-order valence-corrected chi connectivity index (χ3v) is 6.53. The number of aromatic nitrogens is 1. The fourth-order valence-corrected chi connectivity index (χ4v) is 4.90. The molecule has 2 heterocycles. The molecule has 1 atom stereocenters. The van der Waals surface area contributed by atoms with Gasteiger partial charge in [-0.2, -0.15) is 5.23 Å². The summed E-state index contributed by atoms with van der Waals surface area (Å²) in [5.74, 6) is 0.133. The number of nitrogens with one attached hydrogen (secondary N) is 1. The highest BCUT2D eigenvalue weighted by molar-refractivity contribution is 7.80. The smallest absolute Gasteiger partial charge is 0.190 e. The van der Waals surface area contributed by atoms with Crippen LogP contribution >= 0.6 is 24.6 Å². The van der Waals surface area contributed by atoms with Gasteiger partial charge in [0, 0.05) is 24.5 Å². The number of halogens is 1. The van der Waals surface area contributed by atoms with Crippen molar-refractivity contribution in [3.63, 3.8) is 0 Å². The summed E-state index contributed by atoms with van der Waals surface area (Å²) in [6.45, 7) is 3.17. The number of quaternary nitrogens is 1. The second-order valence-electron chi connectivity index (χ2n) is 9.22. The van der Waals surface area contributed by atoms with Crippen molar-refractivity contribution in [2.45, 2.75) is 12.8 Å². The van der Waals surface area contributed by atoms with Crippen LogP contribution in [0.2, 0.25) is 0 Å². The minimum absolute atomic E-state index is 0. The van der Waals surface area contributed by atoms with Gasteiger partial charge in [-0.05, 0) is 90.6 Å². The normalized spacial score (nSPS) is 14.3. The molecule has 1 aliphatic heterocycles. The Morgan fingerprint density at radius 1 is 1.00 bits per heavy atom. The number of phenols is 1. The van der Waals surface area contributed by atoms with Gasteiger partial charge in [0.1, 0.15) is 11.3 Å². The van der Waals surface area contributed by atoms with Gasteiger partial charge in [0.05, 0.1) is 22.3 Å². The molecular formula is C24H33ClN6O3S. The summed E-state index contributed by atoms with van der Waals surface area (Å²) in [6.07, 6.45) is 1.77. The molecule has 0 amide bonds. The number of aromatic hydroxyl groups is 1. The quantitative estimate of drug-likeness (QED) is 0.224. The molecule has 4 rings (SSSR count). The molecule has 0 saturated heterocycles. The average molecular weight is 521 g/mol. The van der Waals surface area contributed by atoms with E-state index >= 15 is 0 Å². The van der Waals surface area contributed by atoms with Gasteiger partial charge >= 0.3 is 0 Å². The summed E-state index contributed by atoms with van der Waals surface area (Å²) in [4.78, 5) is 13.2. The second kappa shape index (κ2) is 11.2. The molecule has 0 bridgehead atoms. The van der Waals surface area contributed by atoms with Crippen molar-refractivity contribution in [1.82, 2.24) is 14.8 Å². The molecule has 2 aromatic carbocycles. The Hall–Kier alpha value is -2.31. The zero-order valence-electron chi connectivity index (χ0n) is 20.5. The molecule has 0 spiro atoms. The fourth-order valence-electron chi connectivity index (χ4n) is 4.53. The highest BCUT2D eigenvalue weighted by Gasteiger charge is 2.33. The van der Waals surface area contributed by atoms with E-state index < -0.39 is 5.23 Å². The third-order valence-electron chi connectivity index (χ3n) is 6.09. The SMILES string of the molecule is CN(C)CCCN1C(=S)N(CCCN(C)C)c2c3cc(O)ccc3nc3c([NH+]([O-])O)ccc1c23.Cl. The van der Waals surface area contributed by atoms with Gasteiger partial charge in [-0.1, -0.05) is 0 Å². The van der Waals surface area contributed by atoms with Gasteiger partial charge in [-0.3, -0.25) is 0 Å². The fraction of sp³-hybridized carbons (Fsp3) is 0.417. The predicted octanol–water partition coefficient (Wildman–Crippen LogP) is 2.73. The van der Waals surface area contributed by atoms with Crippen molar-refractivity contribution in [2.24, 2.45) is 0 Å². The van der Waals surface area contributed by atoms with Crippen LogP contribution in [0.1, 0.15) is 12.8 Å². The van der Waals surface area contributed by atoms with E-state index in [1.807, 2.05) is 34.3 Å². The minimum Gasteiger partial charge on any atom is -0.595 e. The highest BCUT2D eigenvalue weighted by atomic mass is 35.5. The standard InChI is InChI=1S/C24H32N6O3S.ClH/c1-26(2)11-5-13-28-19-9-10-20(30(32)33)22-21(19)23(17-15-16(31)7-8-18(17)25-22)29(24(28)34)14-6-12-27(3)4;/h7-10,15,30-32H,5-6,11-14H2,1-4H3;1H. The van der Waals surface area contributed by atoms with E-state index in [9.17, 15) is 15.5 Å². The average Bonchev–Trinajstić information content (AvgIpc) is 2.76. The van der Waals surface area contributed by atoms with Crippen LogP contribution in [0.4, 0.5) is 17.1 Å². The van der Waals surface area contributed by atoms with Gasteiger partial charge < -0.3 is 29.9 Å². The number of hydrogen-bond donors (Lipinski definition) is 3. The molecule has 0 fully saturated rings. The number of phenolic OH excluding ortho intramolecular Hbond substituents is 1. The Morgan fingerprint density at radius 3 is 2.23 bits per heavy atom.